The molecule has 1 unspecified atom stereocenters. The van der Waals surface area contributed by atoms with E-state index in [2.05, 4.69) is 15.6 Å². The minimum atomic E-state index is -0.559. The van der Waals surface area contributed by atoms with Gasteiger partial charge in [-0.05, 0) is 25.1 Å². The topological polar surface area (TPSA) is 74.0 Å². The van der Waals surface area contributed by atoms with E-state index in [1.54, 1.807) is 25.3 Å². The van der Waals surface area contributed by atoms with E-state index in [1.807, 2.05) is 12.1 Å². The largest absolute Gasteiger partial charge is 0.361 e. The van der Waals surface area contributed by atoms with Crippen LogP contribution in [0.5, 0.6) is 0 Å². The van der Waals surface area contributed by atoms with Crippen LogP contribution >= 0.6 is 0 Å². The van der Waals surface area contributed by atoms with Gasteiger partial charge in [-0.15, -0.1) is 0 Å². The molecule has 0 saturated heterocycles. The number of likely N-dealkylation sites (N-methyl/N-ethyl adjacent to an activating group) is 1. The van der Waals surface area contributed by atoms with Crippen LogP contribution in [0.25, 0.3) is 10.9 Å². The molecule has 5 heteroatoms. The van der Waals surface area contributed by atoms with Crippen LogP contribution in [0, 0.1) is 0 Å². The number of benzene rings is 1. The maximum Gasteiger partial charge on any atom is 0.252 e. The first-order chi connectivity index (χ1) is 8.63. The van der Waals surface area contributed by atoms with Gasteiger partial charge in [-0.3, -0.25) is 9.59 Å². The molecule has 1 heterocycles. The van der Waals surface area contributed by atoms with E-state index < -0.39 is 6.04 Å². The van der Waals surface area contributed by atoms with Crippen LogP contribution < -0.4 is 10.6 Å². The Morgan fingerprint density at radius 1 is 1.28 bits per heavy atom. The number of carbonyl (C=O) groups is 2. The summed E-state index contributed by atoms with van der Waals surface area (Å²) < 4.78 is 0. The average Bonchev–Trinajstić information content (AvgIpc) is 2.85. The van der Waals surface area contributed by atoms with Crippen molar-refractivity contribution in [2.45, 2.75) is 13.0 Å². The Hall–Kier alpha value is -2.30. The van der Waals surface area contributed by atoms with Crippen LogP contribution in [0.3, 0.4) is 0 Å². The first kappa shape index (κ1) is 12.2. The van der Waals surface area contributed by atoms with Gasteiger partial charge in [0.05, 0.1) is 0 Å². The number of hydrogen-bond acceptors (Lipinski definition) is 2. The Kier molecular flexibility index (Phi) is 3.32. The lowest BCUT2D eigenvalue weighted by molar-refractivity contribution is -0.122. The van der Waals surface area contributed by atoms with Gasteiger partial charge in [0.25, 0.3) is 5.91 Å². The van der Waals surface area contributed by atoms with Gasteiger partial charge < -0.3 is 15.6 Å². The van der Waals surface area contributed by atoms with Gasteiger partial charge in [0, 0.05) is 29.7 Å². The van der Waals surface area contributed by atoms with Crippen molar-refractivity contribution < 1.29 is 9.59 Å². The third-order valence-corrected chi connectivity index (χ3v) is 2.83. The zero-order valence-electron chi connectivity index (χ0n) is 10.3. The van der Waals surface area contributed by atoms with Crippen LogP contribution in [-0.2, 0) is 4.79 Å². The van der Waals surface area contributed by atoms with Crippen LogP contribution in [0.1, 0.15) is 17.3 Å². The van der Waals surface area contributed by atoms with Crippen molar-refractivity contribution >= 4 is 22.7 Å². The first-order valence-electron chi connectivity index (χ1n) is 5.72. The average molecular weight is 245 g/mol. The number of aromatic nitrogens is 1. The Balaban J connectivity index is 2.24. The molecule has 0 saturated carbocycles. The molecule has 2 aromatic rings. The third-order valence-electron chi connectivity index (χ3n) is 2.83. The van der Waals surface area contributed by atoms with E-state index in [1.165, 1.54) is 7.05 Å². The molecule has 2 amide bonds. The Labute approximate surface area is 105 Å². The number of hydrogen-bond donors (Lipinski definition) is 3. The highest BCUT2D eigenvalue weighted by atomic mass is 16.2. The monoisotopic (exact) mass is 245 g/mol. The lowest BCUT2D eigenvalue weighted by Gasteiger charge is -2.12. The Bertz CT molecular complexity index is 589. The van der Waals surface area contributed by atoms with Gasteiger partial charge in [0.1, 0.15) is 6.04 Å². The lowest BCUT2D eigenvalue weighted by atomic mass is 10.1. The summed E-state index contributed by atoms with van der Waals surface area (Å²) >= 11 is 0. The molecule has 0 fully saturated rings. The molecule has 0 aliphatic rings. The quantitative estimate of drug-likeness (QED) is 0.755. The predicted octanol–water partition coefficient (Wildman–Crippen LogP) is 1.03. The predicted molar refractivity (Wildman–Crippen MR) is 69.3 cm³/mol. The summed E-state index contributed by atoms with van der Waals surface area (Å²) in [5.41, 5.74) is 1.46. The molecule has 94 valence electrons. The number of nitrogens with one attached hydrogen (secondary N) is 3. The van der Waals surface area contributed by atoms with Crippen molar-refractivity contribution in [2.24, 2.45) is 0 Å². The summed E-state index contributed by atoms with van der Waals surface area (Å²) in [5, 5.41) is 6.00. The highest BCUT2D eigenvalue weighted by molar-refractivity contribution is 6.07. The summed E-state index contributed by atoms with van der Waals surface area (Å²) in [4.78, 5) is 26.5. The third kappa shape index (κ3) is 2.20. The van der Waals surface area contributed by atoms with Gasteiger partial charge in [0.2, 0.25) is 5.91 Å². The lowest BCUT2D eigenvalue weighted by Crippen LogP contribution is -2.43. The normalized spacial score (nSPS) is 12.1. The summed E-state index contributed by atoms with van der Waals surface area (Å²) in [5.74, 6) is -0.471. The Morgan fingerprint density at radius 2 is 2.06 bits per heavy atom. The maximum absolute atomic E-state index is 12.1. The number of carbonyl (C=O) groups excluding carboxylic acids is 2. The molecule has 1 aromatic heterocycles. The van der Waals surface area contributed by atoms with E-state index in [4.69, 9.17) is 0 Å². The van der Waals surface area contributed by atoms with Crippen molar-refractivity contribution in [2.75, 3.05) is 7.05 Å². The highest BCUT2D eigenvalue weighted by Gasteiger charge is 2.16. The fraction of sp³-hybridized carbons (Fsp3) is 0.231. The van der Waals surface area contributed by atoms with Crippen molar-refractivity contribution in [3.63, 3.8) is 0 Å². The van der Waals surface area contributed by atoms with E-state index in [9.17, 15) is 9.59 Å². The fourth-order valence-electron chi connectivity index (χ4n) is 1.84. The molecule has 2 rings (SSSR count). The van der Waals surface area contributed by atoms with E-state index in [0.29, 0.717) is 5.56 Å². The molecule has 0 bridgehead atoms. The summed E-state index contributed by atoms with van der Waals surface area (Å²) in [7, 11) is 1.54. The van der Waals surface area contributed by atoms with Crippen LogP contribution in [0.2, 0.25) is 0 Å². The number of H-pyrrole nitrogens is 1. The second-order valence-corrected chi connectivity index (χ2v) is 4.05. The number of amides is 2. The van der Waals surface area contributed by atoms with Crippen LogP contribution in [0.15, 0.2) is 30.5 Å². The van der Waals surface area contributed by atoms with Crippen LogP contribution in [0.4, 0.5) is 0 Å². The van der Waals surface area contributed by atoms with Crippen molar-refractivity contribution in [3.8, 4) is 0 Å². The molecule has 0 aliphatic heterocycles. The second kappa shape index (κ2) is 4.91. The van der Waals surface area contributed by atoms with Gasteiger partial charge in [-0.1, -0.05) is 6.07 Å². The maximum atomic E-state index is 12.1. The van der Waals surface area contributed by atoms with Gasteiger partial charge >= 0.3 is 0 Å². The van der Waals surface area contributed by atoms with E-state index in [0.717, 1.165) is 10.9 Å². The molecule has 1 atom stereocenters. The molecule has 1 aromatic carbocycles. The number of fused-ring (bicyclic) bond motifs is 1. The molecule has 3 N–H and O–H groups in total. The molecule has 5 nitrogen and oxygen atoms in total. The molecule has 18 heavy (non-hydrogen) atoms. The summed E-state index contributed by atoms with van der Waals surface area (Å²) in [6.45, 7) is 1.65. The first-order valence-corrected chi connectivity index (χ1v) is 5.72. The van der Waals surface area contributed by atoms with Crippen molar-refractivity contribution in [1.82, 2.24) is 15.6 Å². The smallest absolute Gasteiger partial charge is 0.252 e. The van der Waals surface area contributed by atoms with Crippen LogP contribution in [-0.4, -0.2) is 29.9 Å². The fourth-order valence-corrected chi connectivity index (χ4v) is 1.84. The zero-order chi connectivity index (χ0) is 13.1. The van der Waals surface area contributed by atoms with Crippen molar-refractivity contribution in [3.05, 3.63) is 36.0 Å². The molecular weight excluding hydrogens is 230 g/mol. The number of aromatic amines is 1. The molecule has 0 spiro atoms. The molecular formula is C13H15N3O2. The minimum absolute atomic E-state index is 0.218. The van der Waals surface area contributed by atoms with Gasteiger partial charge in [0.15, 0.2) is 0 Å². The number of rotatable bonds is 3. The van der Waals surface area contributed by atoms with Gasteiger partial charge in [-0.2, -0.15) is 0 Å². The summed E-state index contributed by atoms with van der Waals surface area (Å²) in [6, 6.07) is 6.72. The molecule has 0 radical (unpaired) electrons. The van der Waals surface area contributed by atoms with E-state index >= 15 is 0 Å². The molecule has 0 aliphatic carbocycles. The second-order valence-electron chi connectivity index (χ2n) is 4.05. The van der Waals surface area contributed by atoms with Gasteiger partial charge in [-0.25, -0.2) is 0 Å². The Morgan fingerprint density at radius 3 is 2.78 bits per heavy atom. The minimum Gasteiger partial charge on any atom is -0.361 e. The standard InChI is InChI=1S/C13H15N3O2/c1-8(12(17)14-2)16-13(18)10-4-3-5-11-9(10)6-7-15-11/h3-8,15H,1-2H3,(H,14,17)(H,16,18). The zero-order valence-corrected chi connectivity index (χ0v) is 10.3. The van der Waals surface area contributed by atoms with Crippen molar-refractivity contribution in [1.29, 1.82) is 0 Å². The highest BCUT2D eigenvalue weighted by Crippen LogP contribution is 2.17. The summed E-state index contributed by atoms with van der Waals surface area (Å²) in [6.07, 6.45) is 1.78. The SMILES string of the molecule is CNC(=O)C(C)NC(=O)c1cccc2[nH]ccc12. The van der Waals surface area contributed by atoms with E-state index in [-0.39, 0.29) is 11.8 Å².